The van der Waals surface area contributed by atoms with Gasteiger partial charge in [0.2, 0.25) is 0 Å². The average molecular weight is 321 g/mol. The molecule has 0 aliphatic heterocycles. The summed E-state index contributed by atoms with van der Waals surface area (Å²) in [7, 11) is 0. The van der Waals surface area contributed by atoms with Gasteiger partial charge in [-0.25, -0.2) is 0 Å². The zero-order valence-electron chi connectivity index (χ0n) is 15.7. The first-order valence-electron chi connectivity index (χ1n) is 9.57. The predicted octanol–water partition coefficient (Wildman–Crippen LogP) is 5.07. The fraction of sp³-hybridized carbons (Fsp3) is 1.00. The zero-order chi connectivity index (χ0) is 17.3. The normalized spacial score (nSPS) is 9.55. The van der Waals surface area contributed by atoms with Gasteiger partial charge in [-0.15, -0.1) is 0 Å². The third kappa shape index (κ3) is 42.7. The Bertz CT molecular complexity index is 127. The Morgan fingerprint density at radius 2 is 0.591 bits per heavy atom. The van der Waals surface area contributed by atoms with Crippen LogP contribution in [0.3, 0.4) is 0 Å². The molecule has 0 fully saturated rings. The van der Waals surface area contributed by atoms with Crippen molar-refractivity contribution >= 4 is 0 Å². The van der Waals surface area contributed by atoms with Crippen molar-refractivity contribution in [2.24, 2.45) is 0 Å². The predicted molar refractivity (Wildman–Crippen MR) is 98.3 cm³/mol. The second-order valence-corrected chi connectivity index (χ2v) is 5.71. The molecule has 3 N–H and O–H groups in total. The molecule has 0 saturated heterocycles. The molecule has 0 heterocycles. The van der Waals surface area contributed by atoms with E-state index in [1.807, 2.05) is 0 Å². The maximum Gasteiger partial charge on any atom is 0.0431 e. The van der Waals surface area contributed by atoms with Crippen molar-refractivity contribution < 1.29 is 15.3 Å². The Labute approximate surface area is 140 Å². The van der Waals surface area contributed by atoms with Crippen LogP contribution in [0.5, 0.6) is 0 Å². The quantitative estimate of drug-likeness (QED) is 0.415. The molecule has 3 nitrogen and oxygen atoms in total. The lowest BCUT2D eigenvalue weighted by atomic mass is 10.1. The van der Waals surface area contributed by atoms with Gasteiger partial charge < -0.3 is 15.3 Å². The molecule has 22 heavy (non-hydrogen) atoms. The number of rotatable bonds is 13. The van der Waals surface area contributed by atoms with Crippen LogP contribution in [0.4, 0.5) is 0 Å². The van der Waals surface area contributed by atoms with Crippen LogP contribution in [0.25, 0.3) is 0 Å². The fourth-order valence-electron chi connectivity index (χ4n) is 1.79. The summed E-state index contributed by atoms with van der Waals surface area (Å²) in [4.78, 5) is 0. The smallest absolute Gasteiger partial charge is 0.0431 e. The summed E-state index contributed by atoms with van der Waals surface area (Å²) in [6.07, 6.45) is 15.5. The standard InChI is InChI=1S/C8H18O.C6H14O.C5H12O/c1-2-3-4-5-6-7-8-9;1-2-3-4-5-6-7;1-2-3-4-5-6/h9H,2-8H2,1H3;7H,2-6H2,1H3;6H,2-5H2,1H3. The van der Waals surface area contributed by atoms with Crippen LogP contribution in [-0.4, -0.2) is 35.1 Å². The summed E-state index contributed by atoms with van der Waals surface area (Å²) in [6, 6.07) is 0. The Morgan fingerprint density at radius 1 is 0.364 bits per heavy atom. The zero-order valence-corrected chi connectivity index (χ0v) is 15.7. The highest BCUT2D eigenvalue weighted by Crippen LogP contribution is 2.03. The van der Waals surface area contributed by atoms with Crippen LogP contribution >= 0.6 is 0 Å². The summed E-state index contributed by atoms with van der Waals surface area (Å²) in [5.41, 5.74) is 0. The van der Waals surface area contributed by atoms with Crippen molar-refractivity contribution in [3.63, 3.8) is 0 Å². The summed E-state index contributed by atoms with van der Waals surface area (Å²) >= 11 is 0. The third-order valence-electron chi connectivity index (χ3n) is 3.29. The van der Waals surface area contributed by atoms with Crippen LogP contribution in [0, 0.1) is 0 Å². The van der Waals surface area contributed by atoms with Crippen LogP contribution in [0.2, 0.25) is 0 Å². The molecule has 0 spiro atoms. The van der Waals surface area contributed by atoms with E-state index < -0.39 is 0 Å². The molecule has 0 amide bonds. The lowest BCUT2D eigenvalue weighted by Gasteiger charge is -1.95. The van der Waals surface area contributed by atoms with E-state index in [2.05, 4.69) is 20.8 Å². The number of hydrogen-bond acceptors (Lipinski definition) is 3. The number of aliphatic hydroxyl groups excluding tert-OH is 3. The van der Waals surface area contributed by atoms with E-state index in [4.69, 9.17) is 15.3 Å². The minimum absolute atomic E-state index is 0.355. The highest BCUT2D eigenvalue weighted by molar-refractivity contribution is 4.41. The van der Waals surface area contributed by atoms with Gasteiger partial charge in [0.1, 0.15) is 0 Å². The maximum absolute atomic E-state index is 8.42. The van der Waals surface area contributed by atoms with E-state index in [9.17, 15) is 0 Å². The molecule has 0 aromatic heterocycles. The lowest BCUT2D eigenvalue weighted by Crippen LogP contribution is -1.82. The molecule has 0 unspecified atom stereocenters. The van der Waals surface area contributed by atoms with Gasteiger partial charge >= 0.3 is 0 Å². The maximum atomic E-state index is 8.42. The summed E-state index contributed by atoms with van der Waals surface area (Å²) in [6.45, 7) is 7.58. The van der Waals surface area contributed by atoms with Crippen LogP contribution in [0.15, 0.2) is 0 Å². The second kappa shape index (κ2) is 32.7. The molecule has 0 saturated carbocycles. The molecule has 0 atom stereocenters. The first-order chi connectivity index (χ1) is 10.7. The number of aliphatic hydroxyl groups is 3. The lowest BCUT2D eigenvalue weighted by molar-refractivity contribution is 0.282. The molecule has 3 heteroatoms. The molecule has 0 aliphatic rings. The van der Waals surface area contributed by atoms with Crippen LogP contribution in [0.1, 0.15) is 104 Å². The molecular formula is C19H44O3. The third-order valence-corrected chi connectivity index (χ3v) is 3.29. The van der Waals surface area contributed by atoms with Gasteiger partial charge in [-0.05, 0) is 19.3 Å². The number of unbranched alkanes of at least 4 members (excludes halogenated alkanes) is 10. The minimum Gasteiger partial charge on any atom is -0.396 e. The molecule has 0 aromatic rings. The highest BCUT2D eigenvalue weighted by atomic mass is 16.3. The largest absolute Gasteiger partial charge is 0.396 e. The Balaban J connectivity index is -0.000000252. The van der Waals surface area contributed by atoms with Crippen molar-refractivity contribution in [1.82, 2.24) is 0 Å². The molecule has 0 aliphatic carbocycles. The van der Waals surface area contributed by atoms with Gasteiger partial charge in [0.15, 0.2) is 0 Å². The van der Waals surface area contributed by atoms with Crippen molar-refractivity contribution in [2.75, 3.05) is 19.8 Å². The first kappa shape index (κ1) is 26.8. The molecule has 0 rings (SSSR count). The van der Waals surface area contributed by atoms with Crippen molar-refractivity contribution in [3.8, 4) is 0 Å². The second-order valence-electron chi connectivity index (χ2n) is 5.71. The van der Waals surface area contributed by atoms with Gasteiger partial charge in [-0.2, -0.15) is 0 Å². The van der Waals surface area contributed by atoms with Crippen LogP contribution in [-0.2, 0) is 0 Å². The van der Waals surface area contributed by atoms with Gasteiger partial charge in [-0.1, -0.05) is 85.0 Å². The summed E-state index contributed by atoms with van der Waals surface area (Å²) in [5, 5.41) is 24.9. The van der Waals surface area contributed by atoms with Crippen molar-refractivity contribution in [2.45, 2.75) is 104 Å². The number of hydrogen-bond donors (Lipinski definition) is 3. The minimum atomic E-state index is 0.355. The molecule has 0 bridgehead atoms. The first-order valence-corrected chi connectivity index (χ1v) is 9.57. The fourth-order valence-corrected chi connectivity index (χ4v) is 1.79. The Hall–Kier alpha value is -0.120. The monoisotopic (exact) mass is 320 g/mol. The van der Waals surface area contributed by atoms with Crippen LogP contribution < -0.4 is 0 Å². The van der Waals surface area contributed by atoms with E-state index in [1.54, 1.807) is 0 Å². The SMILES string of the molecule is CCCCCCCCO.CCCCCCO.CCCCCO. The molecule has 0 aromatic carbocycles. The average Bonchev–Trinajstić information content (AvgIpc) is 2.54. The van der Waals surface area contributed by atoms with Gasteiger partial charge in [0, 0.05) is 19.8 Å². The Kier molecular flexibility index (Phi) is 39.8. The van der Waals surface area contributed by atoms with Gasteiger partial charge in [-0.3, -0.25) is 0 Å². The molecule has 138 valence electrons. The summed E-state index contributed by atoms with van der Waals surface area (Å²) < 4.78 is 0. The topological polar surface area (TPSA) is 60.7 Å². The van der Waals surface area contributed by atoms with Gasteiger partial charge in [0.05, 0.1) is 0 Å². The van der Waals surface area contributed by atoms with Gasteiger partial charge in [0.25, 0.3) is 0 Å². The van der Waals surface area contributed by atoms with E-state index in [-0.39, 0.29) is 0 Å². The van der Waals surface area contributed by atoms with E-state index in [0.717, 1.165) is 25.7 Å². The van der Waals surface area contributed by atoms with E-state index in [0.29, 0.717) is 19.8 Å². The molecular weight excluding hydrogens is 276 g/mol. The van der Waals surface area contributed by atoms with Crippen molar-refractivity contribution in [1.29, 1.82) is 0 Å². The summed E-state index contributed by atoms with van der Waals surface area (Å²) in [5.74, 6) is 0. The Morgan fingerprint density at radius 3 is 0.909 bits per heavy atom. The van der Waals surface area contributed by atoms with E-state index in [1.165, 1.54) is 57.8 Å². The van der Waals surface area contributed by atoms with E-state index >= 15 is 0 Å². The molecule has 0 radical (unpaired) electrons. The van der Waals surface area contributed by atoms with Crippen molar-refractivity contribution in [3.05, 3.63) is 0 Å². The highest BCUT2D eigenvalue weighted by Gasteiger charge is 1.86.